The summed E-state index contributed by atoms with van der Waals surface area (Å²) in [5, 5.41) is 12.8. The number of halogens is 2. The number of carboxylic acids is 1. The first-order chi connectivity index (χ1) is 17.6. The van der Waals surface area contributed by atoms with E-state index < -0.39 is 30.0 Å². The number of hydrogen-bond acceptors (Lipinski definition) is 4. The normalized spacial score (nSPS) is 19.9. The van der Waals surface area contributed by atoms with E-state index in [0.717, 1.165) is 4.57 Å². The number of benzene rings is 2. The van der Waals surface area contributed by atoms with Gasteiger partial charge in [-0.3, -0.25) is 14.2 Å². The summed E-state index contributed by atoms with van der Waals surface area (Å²) in [6.45, 7) is -0.306. The van der Waals surface area contributed by atoms with Crippen LogP contribution in [-0.2, 0) is 22.6 Å². The zero-order chi connectivity index (χ0) is 26.4. The quantitative estimate of drug-likeness (QED) is 0.419. The van der Waals surface area contributed by atoms with Crippen molar-refractivity contribution in [2.45, 2.75) is 37.9 Å². The van der Waals surface area contributed by atoms with Crippen LogP contribution >= 0.6 is 11.6 Å². The molecule has 4 N–H and O–H groups in total. The minimum Gasteiger partial charge on any atom is -0.481 e. The number of nitrogens with two attached hydrogens (primary N) is 1. The number of nitrogens with zero attached hydrogens (tertiary/aromatic N) is 3. The Bertz CT molecular complexity index is 1440. The molecule has 1 aromatic heterocycles. The Morgan fingerprint density at radius 3 is 2.62 bits per heavy atom. The largest absolute Gasteiger partial charge is 0.481 e. The topological polar surface area (TPSA) is 138 Å². The molecule has 1 saturated carbocycles. The van der Waals surface area contributed by atoms with Gasteiger partial charge in [-0.25, -0.2) is 9.59 Å². The summed E-state index contributed by atoms with van der Waals surface area (Å²) in [6, 6.07) is 8.58. The number of likely N-dealkylation sites (tertiary alicyclic amines) is 1. The van der Waals surface area contributed by atoms with Gasteiger partial charge in [0, 0.05) is 22.6 Å². The molecule has 0 radical (unpaired) electrons. The van der Waals surface area contributed by atoms with E-state index >= 15 is 0 Å². The molecule has 1 aliphatic carbocycles. The SMILES string of the molecule is NC(=O)n1cc(NC(=O)N2[C@@H]3C[C@@H]3C[C@H]2C(=O)N(F)Cc2cccc(Cl)c2)c2cc(CC(=O)O)ccc21. The summed E-state index contributed by atoms with van der Waals surface area (Å²) in [5.41, 5.74) is 7.04. The Morgan fingerprint density at radius 2 is 1.92 bits per heavy atom. The van der Waals surface area contributed by atoms with Crippen molar-refractivity contribution in [3.05, 3.63) is 64.8 Å². The fraction of sp³-hybridized carbons (Fsp3) is 0.280. The molecule has 37 heavy (non-hydrogen) atoms. The average Bonchev–Trinajstić information content (AvgIpc) is 3.34. The summed E-state index contributed by atoms with van der Waals surface area (Å²) in [6.07, 6.45) is 2.14. The van der Waals surface area contributed by atoms with E-state index in [1.54, 1.807) is 42.5 Å². The minimum atomic E-state index is -1.04. The van der Waals surface area contributed by atoms with E-state index in [4.69, 9.17) is 22.4 Å². The van der Waals surface area contributed by atoms with Crippen molar-refractivity contribution < 1.29 is 28.8 Å². The lowest BCUT2D eigenvalue weighted by Crippen LogP contribution is -2.48. The van der Waals surface area contributed by atoms with Gasteiger partial charge in [-0.15, -0.1) is 0 Å². The van der Waals surface area contributed by atoms with E-state index in [9.17, 15) is 23.7 Å². The summed E-state index contributed by atoms with van der Waals surface area (Å²) < 4.78 is 16.0. The molecule has 4 amide bonds. The van der Waals surface area contributed by atoms with E-state index in [0.29, 0.717) is 39.9 Å². The second-order valence-corrected chi connectivity index (χ2v) is 9.75. The third kappa shape index (κ3) is 4.82. The van der Waals surface area contributed by atoms with E-state index in [2.05, 4.69) is 5.32 Å². The number of amides is 4. The van der Waals surface area contributed by atoms with Gasteiger partial charge < -0.3 is 21.1 Å². The zero-order valence-electron chi connectivity index (χ0n) is 19.4. The number of hydrogen-bond donors (Lipinski definition) is 3. The highest BCUT2D eigenvalue weighted by Crippen LogP contribution is 2.48. The van der Waals surface area contributed by atoms with Gasteiger partial charge in [0.1, 0.15) is 6.04 Å². The van der Waals surface area contributed by atoms with Crippen LogP contribution in [0.3, 0.4) is 0 Å². The van der Waals surface area contributed by atoms with Crippen LogP contribution < -0.4 is 11.1 Å². The molecule has 2 aromatic carbocycles. The first-order valence-electron chi connectivity index (χ1n) is 11.6. The van der Waals surface area contributed by atoms with Gasteiger partial charge in [-0.05, 0) is 54.2 Å². The molecule has 2 fully saturated rings. The van der Waals surface area contributed by atoms with Gasteiger partial charge in [0.15, 0.2) is 0 Å². The molecule has 0 unspecified atom stereocenters. The van der Waals surface area contributed by atoms with Gasteiger partial charge in [0.2, 0.25) is 0 Å². The van der Waals surface area contributed by atoms with Crippen LogP contribution in [0.5, 0.6) is 0 Å². The number of nitrogens with one attached hydrogen (secondary N) is 1. The smallest absolute Gasteiger partial charge is 0.323 e. The fourth-order valence-electron chi connectivity index (χ4n) is 5.03. The Hall–Kier alpha value is -4.12. The average molecular weight is 528 g/mol. The highest BCUT2D eigenvalue weighted by molar-refractivity contribution is 6.30. The molecule has 0 spiro atoms. The molecular weight excluding hydrogens is 505 g/mol. The van der Waals surface area contributed by atoms with Crippen molar-refractivity contribution in [3.63, 3.8) is 0 Å². The summed E-state index contributed by atoms with van der Waals surface area (Å²) in [4.78, 5) is 50.8. The fourth-order valence-corrected chi connectivity index (χ4v) is 5.24. The molecule has 2 heterocycles. The number of piperidine rings is 1. The zero-order valence-corrected chi connectivity index (χ0v) is 20.2. The second kappa shape index (κ2) is 9.40. The molecule has 192 valence electrons. The summed E-state index contributed by atoms with van der Waals surface area (Å²) in [5.74, 6) is -1.76. The first-order valence-corrected chi connectivity index (χ1v) is 12.0. The molecule has 12 heteroatoms. The molecule has 5 rings (SSSR count). The lowest BCUT2D eigenvalue weighted by atomic mass is 10.1. The molecule has 3 atom stereocenters. The second-order valence-electron chi connectivity index (χ2n) is 9.31. The molecule has 0 bridgehead atoms. The number of carbonyl (C=O) groups is 4. The van der Waals surface area contributed by atoms with Crippen molar-refractivity contribution in [2.24, 2.45) is 11.7 Å². The minimum absolute atomic E-state index is 0.0957. The van der Waals surface area contributed by atoms with Gasteiger partial charge in [0.25, 0.3) is 5.91 Å². The number of fused-ring (bicyclic) bond motifs is 2. The van der Waals surface area contributed by atoms with Crippen molar-refractivity contribution in [2.75, 3.05) is 5.32 Å². The summed E-state index contributed by atoms with van der Waals surface area (Å²) >= 11 is 5.95. The van der Waals surface area contributed by atoms with Crippen LogP contribution in [0, 0.1) is 5.92 Å². The Labute approximate surface area is 215 Å². The number of carboxylic acid groups (broad SMARTS) is 1. The molecular formula is C25H23ClFN5O5. The molecule has 1 aliphatic heterocycles. The predicted octanol–water partition coefficient (Wildman–Crippen LogP) is 3.76. The van der Waals surface area contributed by atoms with Crippen LogP contribution in [0.15, 0.2) is 48.7 Å². The number of carbonyl (C=O) groups excluding carboxylic acids is 3. The number of anilines is 1. The Kier molecular flexibility index (Phi) is 6.24. The standard InChI is InChI=1S/C25H23ClFN5O5/c26-16-3-1-2-14(6-16)11-31(27)23(35)21-10-15-9-20(15)32(21)25(37)29-18-12-30(24(28)36)19-5-4-13(7-17(18)19)8-22(33)34/h1-7,12,15,20-21H,8-11H2,(H2,28,36)(H,29,37)(H,33,34)/t15-,20-,21+/m1/s1. The van der Waals surface area contributed by atoms with Crippen LogP contribution in [0.4, 0.5) is 19.8 Å². The maximum Gasteiger partial charge on any atom is 0.323 e. The lowest BCUT2D eigenvalue weighted by Gasteiger charge is -2.28. The van der Waals surface area contributed by atoms with Crippen LogP contribution in [-0.4, -0.2) is 55.7 Å². The van der Waals surface area contributed by atoms with Crippen molar-refractivity contribution in [3.8, 4) is 0 Å². The van der Waals surface area contributed by atoms with E-state index in [-0.39, 0.29) is 35.7 Å². The van der Waals surface area contributed by atoms with Gasteiger partial charge in [0.05, 0.1) is 24.2 Å². The highest BCUT2D eigenvalue weighted by Gasteiger charge is 2.57. The van der Waals surface area contributed by atoms with Crippen LogP contribution in [0.25, 0.3) is 10.9 Å². The van der Waals surface area contributed by atoms with Crippen molar-refractivity contribution >= 4 is 52.1 Å². The predicted molar refractivity (Wildman–Crippen MR) is 133 cm³/mol. The maximum absolute atomic E-state index is 14.9. The molecule has 2 aliphatic rings. The van der Waals surface area contributed by atoms with Gasteiger partial charge in [-0.1, -0.05) is 34.3 Å². The first kappa shape index (κ1) is 24.6. The monoisotopic (exact) mass is 527 g/mol. The maximum atomic E-state index is 14.9. The number of primary amides is 1. The highest BCUT2D eigenvalue weighted by atomic mass is 35.5. The van der Waals surface area contributed by atoms with Gasteiger partial charge in [-0.2, -0.15) is 5.12 Å². The third-order valence-corrected chi connectivity index (χ3v) is 7.01. The number of urea groups is 1. The molecule has 3 aromatic rings. The number of rotatable bonds is 6. The number of aromatic nitrogens is 1. The van der Waals surface area contributed by atoms with Crippen LogP contribution in [0.1, 0.15) is 24.0 Å². The summed E-state index contributed by atoms with van der Waals surface area (Å²) in [7, 11) is 0. The van der Waals surface area contributed by atoms with Gasteiger partial charge >= 0.3 is 18.0 Å². The van der Waals surface area contributed by atoms with Crippen molar-refractivity contribution in [1.29, 1.82) is 0 Å². The molecule has 10 nitrogen and oxygen atoms in total. The van der Waals surface area contributed by atoms with E-state index in [1.807, 2.05) is 0 Å². The van der Waals surface area contributed by atoms with Crippen LogP contribution in [0.2, 0.25) is 5.02 Å². The Morgan fingerprint density at radius 1 is 1.14 bits per heavy atom. The molecule has 1 saturated heterocycles. The lowest BCUT2D eigenvalue weighted by molar-refractivity contribution is -0.152. The Balaban J connectivity index is 1.38. The van der Waals surface area contributed by atoms with Crippen molar-refractivity contribution in [1.82, 2.24) is 14.6 Å². The third-order valence-electron chi connectivity index (χ3n) is 6.78. The number of aliphatic carboxylic acids is 1. The van der Waals surface area contributed by atoms with E-state index in [1.165, 1.54) is 11.1 Å².